The van der Waals surface area contributed by atoms with Crippen molar-refractivity contribution in [1.29, 1.82) is 0 Å². The molecule has 0 fully saturated rings. The highest BCUT2D eigenvalue weighted by atomic mass is 16.5. The maximum absolute atomic E-state index is 11.8. The predicted octanol–water partition coefficient (Wildman–Crippen LogP) is 2.74. The second-order valence-corrected chi connectivity index (χ2v) is 4.17. The Kier molecular flexibility index (Phi) is 4.08. The smallest absolute Gasteiger partial charge is 0.220 e. The average Bonchev–Trinajstić information content (AvgIpc) is 2.42. The molecule has 0 spiro atoms. The molecule has 0 heterocycles. The van der Waals surface area contributed by atoms with Gasteiger partial charge in [-0.3, -0.25) is 9.59 Å². The van der Waals surface area contributed by atoms with Crippen molar-refractivity contribution in [2.75, 3.05) is 0 Å². The SMILES string of the molecule is C=CCC1=CC(=O)C(OCc2ccccc2)=CC1=O. The molecule has 3 heteroatoms. The van der Waals surface area contributed by atoms with Gasteiger partial charge in [-0.1, -0.05) is 36.4 Å². The topological polar surface area (TPSA) is 43.4 Å². The summed E-state index contributed by atoms with van der Waals surface area (Å²) in [7, 11) is 0. The molecule has 0 radical (unpaired) electrons. The minimum Gasteiger partial charge on any atom is -0.485 e. The van der Waals surface area contributed by atoms with Crippen LogP contribution in [0.3, 0.4) is 0 Å². The van der Waals surface area contributed by atoms with Gasteiger partial charge in [0.2, 0.25) is 5.78 Å². The maximum Gasteiger partial charge on any atom is 0.220 e. The van der Waals surface area contributed by atoms with Crippen molar-refractivity contribution < 1.29 is 14.3 Å². The van der Waals surface area contributed by atoms with E-state index in [4.69, 9.17) is 4.74 Å². The fourth-order valence-electron chi connectivity index (χ4n) is 1.75. The largest absolute Gasteiger partial charge is 0.485 e. The van der Waals surface area contributed by atoms with Crippen LogP contribution in [-0.4, -0.2) is 11.6 Å². The number of carbonyl (C=O) groups excluding carboxylic acids is 2. The summed E-state index contributed by atoms with van der Waals surface area (Å²) in [5.74, 6) is -0.364. The van der Waals surface area contributed by atoms with E-state index in [-0.39, 0.29) is 23.9 Å². The number of benzene rings is 1. The van der Waals surface area contributed by atoms with E-state index in [9.17, 15) is 9.59 Å². The number of ketones is 2. The Bertz CT molecular complexity index is 565. The highest BCUT2D eigenvalue weighted by Crippen LogP contribution is 2.17. The van der Waals surface area contributed by atoms with Gasteiger partial charge in [0.25, 0.3) is 0 Å². The third-order valence-electron chi connectivity index (χ3n) is 2.73. The van der Waals surface area contributed by atoms with Gasteiger partial charge in [0.15, 0.2) is 11.5 Å². The number of hydrogen-bond donors (Lipinski definition) is 0. The first-order chi connectivity index (χ1) is 9.20. The molecule has 0 saturated heterocycles. The van der Waals surface area contributed by atoms with Gasteiger partial charge in [-0.05, 0) is 18.1 Å². The van der Waals surface area contributed by atoms with Gasteiger partial charge in [0.1, 0.15) is 6.61 Å². The quantitative estimate of drug-likeness (QED) is 0.599. The van der Waals surface area contributed by atoms with Crippen molar-refractivity contribution >= 4 is 11.6 Å². The maximum atomic E-state index is 11.8. The fraction of sp³-hybridized carbons (Fsp3) is 0.125. The zero-order chi connectivity index (χ0) is 13.7. The van der Waals surface area contributed by atoms with Crippen LogP contribution in [0.15, 0.2) is 66.5 Å². The standard InChI is InChI=1S/C16H14O3/c1-2-6-13-9-15(18)16(10-14(13)17)19-11-12-7-4-3-5-8-12/h2-5,7-10H,1,6,11H2. The van der Waals surface area contributed by atoms with Crippen LogP contribution in [0.1, 0.15) is 12.0 Å². The number of carbonyl (C=O) groups is 2. The summed E-state index contributed by atoms with van der Waals surface area (Å²) in [6, 6.07) is 9.48. The first-order valence-electron chi connectivity index (χ1n) is 5.99. The van der Waals surface area contributed by atoms with E-state index in [1.165, 1.54) is 12.2 Å². The molecule has 2 rings (SSSR count). The molecule has 1 aliphatic carbocycles. The molecule has 19 heavy (non-hydrogen) atoms. The molecule has 1 aliphatic rings. The van der Waals surface area contributed by atoms with Gasteiger partial charge in [-0.15, -0.1) is 6.58 Å². The molecular formula is C16H14O3. The summed E-state index contributed by atoms with van der Waals surface area (Å²) in [5.41, 5.74) is 1.40. The van der Waals surface area contributed by atoms with Gasteiger partial charge >= 0.3 is 0 Å². The Morgan fingerprint density at radius 3 is 2.47 bits per heavy atom. The van der Waals surface area contributed by atoms with Crippen LogP contribution in [0.4, 0.5) is 0 Å². The molecule has 3 nitrogen and oxygen atoms in total. The molecule has 96 valence electrons. The Morgan fingerprint density at radius 1 is 1.05 bits per heavy atom. The number of ether oxygens (including phenoxy) is 1. The van der Waals surface area contributed by atoms with Crippen LogP contribution in [0.25, 0.3) is 0 Å². The summed E-state index contributed by atoms with van der Waals surface area (Å²) in [5, 5.41) is 0. The molecule has 0 bridgehead atoms. The van der Waals surface area contributed by atoms with Crippen molar-refractivity contribution in [3.05, 3.63) is 72.0 Å². The van der Waals surface area contributed by atoms with E-state index in [1.54, 1.807) is 6.08 Å². The molecule has 0 N–H and O–H groups in total. The van der Waals surface area contributed by atoms with E-state index in [1.807, 2.05) is 30.3 Å². The summed E-state index contributed by atoms with van der Waals surface area (Å²) in [6.45, 7) is 3.83. The highest BCUT2D eigenvalue weighted by molar-refractivity contribution is 6.19. The lowest BCUT2D eigenvalue weighted by molar-refractivity contribution is -0.117. The van der Waals surface area contributed by atoms with E-state index in [0.717, 1.165) is 5.56 Å². The average molecular weight is 254 g/mol. The summed E-state index contributed by atoms with van der Waals surface area (Å²) >= 11 is 0. The van der Waals surface area contributed by atoms with Gasteiger partial charge in [0, 0.05) is 11.6 Å². The van der Waals surface area contributed by atoms with Crippen LogP contribution in [0, 0.1) is 0 Å². The Labute approximate surface area is 111 Å². The normalized spacial score (nSPS) is 14.7. The van der Waals surface area contributed by atoms with Crippen LogP contribution in [-0.2, 0) is 20.9 Å². The third kappa shape index (κ3) is 3.28. The lowest BCUT2D eigenvalue weighted by Crippen LogP contribution is -2.15. The first-order valence-corrected chi connectivity index (χ1v) is 5.99. The fourth-order valence-corrected chi connectivity index (χ4v) is 1.75. The lowest BCUT2D eigenvalue weighted by atomic mass is 10.00. The van der Waals surface area contributed by atoms with E-state index in [0.29, 0.717) is 12.0 Å². The summed E-state index contributed by atoms with van der Waals surface area (Å²) in [4.78, 5) is 23.5. The van der Waals surface area contributed by atoms with Crippen LogP contribution >= 0.6 is 0 Å². The van der Waals surface area contributed by atoms with Gasteiger partial charge in [-0.2, -0.15) is 0 Å². The van der Waals surface area contributed by atoms with Crippen molar-refractivity contribution in [1.82, 2.24) is 0 Å². The van der Waals surface area contributed by atoms with Gasteiger partial charge in [-0.25, -0.2) is 0 Å². The van der Waals surface area contributed by atoms with Crippen molar-refractivity contribution in [2.24, 2.45) is 0 Å². The summed E-state index contributed by atoms with van der Waals surface area (Å²) in [6.07, 6.45) is 4.57. The van der Waals surface area contributed by atoms with Crippen LogP contribution < -0.4 is 0 Å². The minimum atomic E-state index is -0.271. The van der Waals surface area contributed by atoms with E-state index >= 15 is 0 Å². The van der Waals surface area contributed by atoms with E-state index in [2.05, 4.69) is 6.58 Å². The Balaban J connectivity index is 2.03. The highest BCUT2D eigenvalue weighted by Gasteiger charge is 2.20. The van der Waals surface area contributed by atoms with Crippen molar-refractivity contribution in [3.63, 3.8) is 0 Å². The van der Waals surface area contributed by atoms with Gasteiger partial charge < -0.3 is 4.74 Å². The molecule has 0 unspecified atom stereocenters. The summed E-state index contributed by atoms with van der Waals surface area (Å²) < 4.78 is 5.40. The molecule has 1 aromatic carbocycles. The molecule has 0 amide bonds. The molecule has 0 aliphatic heterocycles. The molecular weight excluding hydrogens is 240 g/mol. The number of rotatable bonds is 5. The van der Waals surface area contributed by atoms with Crippen molar-refractivity contribution in [2.45, 2.75) is 13.0 Å². The Hall–Kier alpha value is -2.42. The first kappa shape index (κ1) is 13.0. The van der Waals surface area contributed by atoms with Crippen molar-refractivity contribution in [3.8, 4) is 0 Å². The lowest BCUT2D eigenvalue weighted by Gasteiger charge is -2.12. The molecule has 0 aromatic heterocycles. The van der Waals surface area contributed by atoms with Crippen LogP contribution in [0.2, 0.25) is 0 Å². The molecule has 0 saturated carbocycles. The third-order valence-corrected chi connectivity index (χ3v) is 2.73. The second-order valence-electron chi connectivity index (χ2n) is 4.17. The monoisotopic (exact) mass is 254 g/mol. The minimum absolute atomic E-state index is 0.0988. The zero-order valence-corrected chi connectivity index (χ0v) is 10.5. The van der Waals surface area contributed by atoms with E-state index < -0.39 is 0 Å². The predicted molar refractivity (Wildman–Crippen MR) is 72.2 cm³/mol. The second kappa shape index (κ2) is 5.96. The molecule has 1 aromatic rings. The van der Waals surface area contributed by atoms with Gasteiger partial charge in [0.05, 0.1) is 0 Å². The zero-order valence-electron chi connectivity index (χ0n) is 10.5. The van der Waals surface area contributed by atoms with Crippen LogP contribution in [0.5, 0.6) is 0 Å². The number of allylic oxidation sites excluding steroid dienone is 4. The number of hydrogen-bond acceptors (Lipinski definition) is 3. The Morgan fingerprint density at radius 2 is 1.79 bits per heavy atom. The molecule has 0 atom stereocenters.